The zero-order valence-corrected chi connectivity index (χ0v) is 14.1. The molecule has 2 aromatic rings. The van der Waals surface area contributed by atoms with E-state index in [9.17, 15) is 4.79 Å². The van der Waals surface area contributed by atoms with Gasteiger partial charge in [-0.1, -0.05) is 28.9 Å². The second-order valence-corrected chi connectivity index (χ2v) is 6.17. The number of benzene rings is 1. The molecule has 2 atom stereocenters. The summed E-state index contributed by atoms with van der Waals surface area (Å²) in [5.74, 6) is 0.619. The van der Waals surface area contributed by atoms with Crippen LogP contribution in [0.3, 0.4) is 0 Å². The van der Waals surface area contributed by atoms with Gasteiger partial charge in [0, 0.05) is 30.1 Å². The van der Waals surface area contributed by atoms with Crippen LogP contribution in [0.15, 0.2) is 28.8 Å². The molecule has 1 aliphatic heterocycles. The van der Waals surface area contributed by atoms with Crippen LogP contribution >= 0.6 is 11.6 Å². The van der Waals surface area contributed by atoms with E-state index >= 15 is 0 Å². The van der Waals surface area contributed by atoms with Crippen LogP contribution in [0.4, 0.5) is 0 Å². The first-order valence-electron chi connectivity index (χ1n) is 7.78. The fourth-order valence-corrected chi connectivity index (χ4v) is 3.08. The van der Waals surface area contributed by atoms with E-state index in [1.807, 2.05) is 24.0 Å². The molecule has 1 saturated heterocycles. The van der Waals surface area contributed by atoms with Crippen molar-refractivity contribution in [3.05, 3.63) is 35.2 Å². The number of carbonyl (C=O) groups is 1. The van der Waals surface area contributed by atoms with E-state index < -0.39 is 6.04 Å². The number of carbonyl (C=O) groups excluding carboxylic acids is 1. The number of nitrogens with zero attached hydrogens (tertiary/aromatic N) is 3. The van der Waals surface area contributed by atoms with E-state index in [0.717, 1.165) is 5.56 Å². The first-order valence-corrected chi connectivity index (χ1v) is 8.16. The van der Waals surface area contributed by atoms with Gasteiger partial charge in [-0.3, -0.25) is 9.69 Å². The Morgan fingerprint density at radius 1 is 1.50 bits per heavy atom. The van der Waals surface area contributed by atoms with E-state index in [2.05, 4.69) is 10.1 Å². The number of primary amides is 1. The molecule has 1 amide bonds. The molecular formula is C16H19ClN4O3. The van der Waals surface area contributed by atoms with Crippen molar-refractivity contribution in [2.75, 3.05) is 19.7 Å². The highest BCUT2D eigenvalue weighted by molar-refractivity contribution is 6.30. The lowest BCUT2D eigenvalue weighted by Crippen LogP contribution is -2.56. The van der Waals surface area contributed by atoms with Crippen molar-refractivity contribution in [2.24, 2.45) is 5.73 Å². The summed E-state index contributed by atoms with van der Waals surface area (Å²) >= 11 is 5.98. The fourth-order valence-electron chi connectivity index (χ4n) is 2.89. The number of nitrogens with two attached hydrogens (primary N) is 1. The van der Waals surface area contributed by atoms with E-state index in [4.69, 9.17) is 26.6 Å². The van der Waals surface area contributed by atoms with Crippen molar-refractivity contribution >= 4 is 17.5 Å². The van der Waals surface area contributed by atoms with Gasteiger partial charge >= 0.3 is 0 Å². The maximum Gasteiger partial charge on any atom is 0.237 e. The third kappa shape index (κ3) is 3.75. The minimum atomic E-state index is -0.436. The molecule has 1 fully saturated rings. The summed E-state index contributed by atoms with van der Waals surface area (Å²) in [5, 5.41) is 4.60. The SMILES string of the molecule is C[C@H]1OCCN(CCc2nc(-c3cccc(Cl)c3)no2)[C@@H]1C(N)=O. The Kier molecular flexibility index (Phi) is 5.13. The topological polar surface area (TPSA) is 94.5 Å². The summed E-state index contributed by atoms with van der Waals surface area (Å²) in [6.45, 7) is 3.67. The highest BCUT2D eigenvalue weighted by Gasteiger charge is 2.33. The zero-order chi connectivity index (χ0) is 17.1. The lowest BCUT2D eigenvalue weighted by Gasteiger charge is -2.37. The molecule has 8 heteroatoms. The van der Waals surface area contributed by atoms with Crippen LogP contribution in [-0.2, 0) is 16.0 Å². The molecule has 3 rings (SSSR count). The standard InChI is InChI=1S/C16H19ClN4O3/c1-10-14(15(18)22)21(7-8-23-10)6-5-13-19-16(20-24-13)11-3-2-4-12(17)9-11/h2-4,9-10,14H,5-8H2,1H3,(H2,18,22)/t10-,14+/m1/s1. The molecule has 2 N–H and O–H groups in total. The summed E-state index contributed by atoms with van der Waals surface area (Å²) in [4.78, 5) is 18.0. The summed E-state index contributed by atoms with van der Waals surface area (Å²) in [5.41, 5.74) is 6.29. The zero-order valence-electron chi connectivity index (χ0n) is 13.3. The number of hydrogen-bond acceptors (Lipinski definition) is 6. The van der Waals surface area contributed by atoms with Crippen molar-refractivity contribution in [3.8, 4) is 11.4 Å². The van der Waals surface area contributed by atoms with E-state index in [1.165, 1.54) is 0 Å². The Morgan fingerprint density at radius 3 is 3.08 bits per heavy atom. The summed E-state index contributed by atoms with van der Waals surface area (Å²) in [7, 11) is 0. The van der Waals surface area contributed by atoms with Crippen LogP contribution in [-0.4, -0.2) is 52.8 Å². The van der Waals surface area contributed by atoms with Crippen LogP contribution in [0.1, 0.15) is 12.8 Å². The second-order valence-electron chi connectivity index (χ2n) is 5.73. The third-order valence-corrected chi connectivity index (χ3v) is 4.29. The van der Waals surface area contributed by atoms with Gasteiger partial charge in [0.1, 0.15) is 6.04 Å². The van der Waals surface area contributed by atoms with E-state index in [1.54, 1.807) is 12.1 Å². The molecule has 0 unspecified atom stereocenters. The van der Waals surface area contributed by atoms with Crippen molar-refractivity contribution in [1.82, 2.24) is 15.0 Å². The first kappa shape index (κ1) is 16.9. The van der Waals surface area contributed by atoms with Crippen LogP contribution in [0.2, 0.25) is 5.02 Å². The molecule has 0 spiro atoms. The monoisotopic (exact) mass is 350 g/mol. The molecule has 1 aliphatic rings. The van der Waals surface area contributed by atoms with Crippen LogP contribution < -0.4 is 5.73 Å². The second kappa shape index (κ2) is 7.29. The van der Waals surface area contributed by atoms with Crippen molar-refractivity contribution in [1.29, 1.82) is 0 Å². The molecule has 128 valence electrons. The maximum atomic E-state index is 11.6. The molecular weight excluding hydrogens is 332 g/mol. The molecule has 24 heavy (non-hydrogen) atoms. The summed E-state index contributed by atoms with van der Waals surface area (Å²) in [6.07, 6.45) is 0.310. The Balaban J connectivity index is 1.66. The number of halogens is 1. The molecule has 0 bridgehead atoms. The number of rotatable bonds is 5. The number of hydrogen-bond donors (Lipinski definition) is 1. The minimum absolute atomic E-state index is 0.221. The van der Waals surface area contributed by atoms with Gasteiger partial charge in [0.05, 0.1) is 12.7 Å². The lowest BCUT2D eigenvalue weighted by molar-refractivity contribution is -0.135. The Bertz CT molecular complexity index is 721. The van der Waals surface area contributed by atoms with Gasteiger partial charge in [0.25, 0.3) is 0 Å². The quantitative estimate of drug-likeness (QED) is 0.878. The van der Waals surface area contributed by atoms with Gasteiger partial charge < -0.3 is 15.0 Å². The van der Waals surface area contributed by atoms with Gasteiger partial charge in [-0.05, 0) is 19.1 Å². The Morgan fingerprint density at radius 2 is 2.33 bits per heavy atom. The molecule has 7 nitrogen and oxygen atoms in total. The van der Waals surface area contributed by atoms with Gasteiger partial charge in [-0.2, -0.15) is 4.98 Å². The van der Waals surface area contributed by atoms with Crippen LogP contribution in [0, 0.1) is 0 Å². The third-order valence-electron chi connectivity index (χ3n) is 4.05. The van der Waals surface area contributed by atoms with Crippen molar-refractivity contribution in [3.63, 3.8) is 0 Å². The Hall–Kier alpha value is -1.96. The largest absolute Gasteiger partial charge is 0.375 e. The Labute approximate surface area is 144 Å². The predicted octanol–water partition coefficient (Wildman–Crippen LogP) is 1.51. The molecule has 1 aromatic carbocycles. The molecule has 0 aliphatic carbocycles. The average Bonchev–Trinajstić information content (AvgIpc) is 3.01. The number of amides is 1. The maximum absolute atomic E-state index is 11.6. The van der Waals surface area contributed by atoms with Gasteiger partial charge in [-0.25, -0.2) is 0 Å². The van der Waals surface area contributed by atoms with Crippen LogP contribution in [0.25, 0.3) is 11.4 Å². The highest BCUT2D eigenvalue weighted by Crippen LogP contribution is 2.20. The number of morpholine rings is 1. The van der Waals surface area contributed by atoms with E-state index in [0.29, 0.717) is 42.9 Å². The molecule has 0 saturated carbocycles. The highest BCUT2D eigenvalue weighted by atomic mass is 35.5. The molecule has 2 heterocycles. The van der Waals surface area contributed by atoms with Crippen molar-refractivity contribution < 1.29 is 14.1 Å². The summed E-state index contributed by atoms with van der Waals surface area (Å²) < 4.78 is 10.8. The van der Waals surface area contributed by atoms with Gasteiger partial charge in [0.15, 0.2) is 0 Å². The smallest absolute Gasteiger partial charge is 0.237 e. The van der Waals surface area contributed by atoms with Gasteiger partial charge in [-0.15, -0.1) is 0 Å². The normalized spacial score (nSPS) is 21.8. The minimum Gasteiger partial charge on any atom is -0.375 e. The van der Waals surface area contributed by atoms with Crippen molar-refractivity contribution in [2.45, 2.75) is 25.5 Å². The molecule has 1 aromatic heterocycles. The lowest BCUT2D eigenvalue weighted by atomic mass is 10.1. The summed E-state index contributed by atoms with van der Waals surface area (Å²) in [6, 6.07) is 6.83. The fraction of sp³-hybridized carbons (Fsp3) is 0.438. The predicted molar refractivity (Wildman–Crippen MR) is 88.4 cm³/mol. The number of aromatic nitrogens is 2. The van der Waals surface area contributed by atoms with Crippen LogP contribution in [0.5, 0.6) is 0 Å². The average molecular weight is 351 g/mol. The van der Waals surface area contributed by atoms with E-state index in [-0.39, 0.29) is 12.0 Å². The molecule has 0 radical (unpaired) electrons. The van der Waals surface area contributed by atoms with Gasteiger partial charge in [0.2, 0.25) is 17.6 Å². The number of ether oxygens (including phenoxy) is 1. The first-order chi connectivity index (χ1) is 11.5.